The highest BCUT2D eigenvalue weighted by atomic mass is 16.4. The van der Waals surface area contributed by atoms with Crippen LogP contribution >= 0.6 is 0 Å². The fourth-order valence-corrected chi connectivity index (χ4v) is 2.34. The van der Waals surface area contributed by atoms with Crippen molar-refractivity contribution < 1.29 is 24.3 Å². The first-order valence-electron chi connectivity index (χ1n) is 6.06. The van der Waals surface area contributed by atoms with Gasteiger partial charge in [0.1, 0.15) is 0 Å². The van der Waals surface area contributed by atoms with E-state index in [-0.39, 0.29) is 17.5 Å². The van der Waals surface area contributed by atoms with Crippen molar-refractivity contribution >= 4 is 17.9 Å². The summed E-state index contributed by atoms with van der Waals surface area (Å²) in [5.74, 6) is -0.993. The molecule has 0 radical (unpaired) electrons. The smallest absolute Gasteiger partial charge is 0.373 e. The van der Waals surface area contributed by atoms with E-state index in [1.54, 1.807) is 12.1 Å². The minimum absolute atomic E-state index is 0.0243. The van der Waals surface area contributed by atoms with Crippen LogP contribution in [0.15, 0.2) is 42.5 Å². The first-order valence-corrected chi connectivity index (χ1v) is 6.06. The van der Waals surface area contributed by atoms with Crippen LogP contribution in [-0.4, -0.2) is 23.0 Å². The van der Waals surface area contributed by atoms with Gasteiger partial charge in [0, 0.05) is 11.1 Å². The predicted octanol–water partition coefficient (Wildman–Crippen LogP) is 1.94. The van der Waals surface area contributed by atoms with Crippen molar-refractivity contribution in [2.75, 3.05) is 0 Å². The van der Waals surface area contributed by atoms with Gasteiger partial charge in [0.05, 0.1) is 5.56 Å². The van der Waals surface area contributed by atoms with Crippen LogP contribution in [0.1, 0.15) is 37.4 Å². The van der Waals surface area contributed by atoms with Crippen molar-refractivity contribution in [1.29, 1.82) is 0 Å². The number of carbonyl (C=O) groups is 2. The molecule has 0 aromatic heterocycles. The summed E-state index contributed by atoms with van der Waals surface area (Å²) in [6.45, 7) is 0. The number of benzene rings is 2. The molecule has 2 aromatic carbocycles. The Balaban J connectivity index is 0.000000497. The minimum Gasteiger partial charge on any atom is -0.478 e. The number of fused-ring (bicyclic) bond motifs is 2. The Morgan fingerprint density at radius 3 is 2.29 bits per heavy atom. The summed E-state index contributed by atoms with van der Waals surface area (Å²) in [6, 6.07) is 12.1. The molecule has 21 heavy (non-hydrogen) atoms. The highest BCUT2D eigenvalue weighted by Gasteiger charge is 2.23. The standard InChI is InChI=1S/C15H10O3.CO2/c16-14-12-4-2-1-3-9(12)7-11-8-10(15(17)18)5-6-13(11)14;2-1-3/h1-6,8H,7H2,(H,17,18);. The summed E-state index contributed by atoms with van der Waals surface area (Å²) < 4.78 is 0. The quantitative estimate of drug-likeness (QED) is 0.736. The van der Waals surface area contributed by atoms with Gasteiger partial charge in [0.25, 0.3) is 0 Å². The fourth-order valence-electron chi connectivity index (χ4n) is 2.34. The molecule has 0 aliphatic heterocycles. The van der Waals surface area contributed by atoms with E-state index in [1.807, 2.05) is 24.3 Å². The summed E-state index contributed by atoms with van der Waals surface area (Å²) in [4.78, 5) is 39.4. The Morgan fingerprint density at radius 1 is 1.00 bits per heavy atom. The Bertz CT molecular complexity index is 755. The van der Waals surface area contributed by atoms with Gasteiger partial charge in [-0.25, -0.2) is 4.79 Å². The normalized spacial score (nSPS) is 11.3. The van der Waals surface area contributed by atoms with Gasteiger partial charge in [-0.05, 0) is 35.7 Å². The summed E-state index contributed by atoms with van der Waals surface area (Å²) in [5, 5.41) is 8.96. The molecule has 3 rings (SSSR count). The molecule has 0 saturated carbocycles. The van der Waals surface area contributed by atoms with Crippen LogP contribution in [-0.2, 0) is 16.0 Å². The zero-order valence-electron chi connectivity index (χ0n) is 10.8. The molecule has 1 N–H and O–H groups in total. The monoisotopic (exact) mass is 282 g/mol. The molecule has 2 aromatic rings. The number of rotatable bonds is 1. The predicted molar refractivity (Wildman–Crippen MR) is 71.1 cm³/mol. The van der Waals surface area contributed by atoms with E-state index in [0.717, 1.165) is 11.1 Å². The van der Waals surface area contributed by atoms with E-state index in [9.17, 15) is 9.59 Å². The lowest BCUT2D eigenvalue weighted by Crippen LogP contribution is -2.15. The average Bonchev–Trinajstić information content (AvgIpc) is 2.48. The lowest BCUT2D eigenvalue weighted by Gasteiger charge is -2.18. The highest BCUT2D eigenvalue weighted by Crippen LogP contribution is 2.27. The summed E-state index contributed by atoms with van der Waals surface area (Å²) in [7, 11) is 0. The number of carboxylic acid groups (broad SMARTS) is 1. The highest BCUT2D eigenvalue weighted by molar-refractivity contribution is 6.12. The topological polar surface area (TPSA) is 88.5 Å². The van der Waals surface area contributed by atoms with Crippen molar-refractivity contribution in [1.82, 2.24) is 0 Å². The molecule has 0 bridgehead atoms. The average molecular weight is 282 g/mol. The van der Waals surface area contributed by atoms with Gasteiger partial charge < -0.3 is 5.11 Å². The first-order chi connectivity index (χ1) is 10.1. The van der Waals surface area contributed by atoms with Gasteiger partial charge in [-0.15, -0.1) is 0 Å². The summed E-state index contributed by atoms with van der Waals surface area (Å²) >= 11 is 0. The van der Waals surface area contributed by atoms with Gasteiger partial charge in [0.15, 0.2) is 5.78 Å². The van der Waals surface area contributed by atoms with Crippen LogP contribution in [0.25, 0.3) is 0 Å². The molecule has 1 aliphatic carbocycles. The van der Waals surface area contributed by atoms with E-state index >= 15 is 0 Å². The summed E-state index contributed by atoms with van der Waals surface area (Å²) in [5.41, 5.74) is 3.30. The number of hydrogen-bond donors (Lipinski definition) is 1. The van der Waals surface area contributed by atoms with Crippen LogP contribution in [0.4, 0.5) is 0 Å². The third-order valence-corrected chi connectivity index (χ3v) is 3.24. The molecular formula is C16H10O5. The lowest BCUT2D eigenvalue weighted by molar-refractivity contribution is -0.191. The number of hydrogen-bond acceptors (Lipinski definition) is 4. The van der Waals surface area contributed by atoms with Gasteiger partial charge in [-0.2, -0.15) is 9.59 Å². The molecule has 0 fully saturated rings. The SMILES string of the molecule is O=C(O)c1ccc2c(c1)Cc1ccccc1C2=O.O=C=O. The van der Waals surface area contributed by atoms with E-state index in [2.05, 4.69) is 0 Å². The van der Waals surface area contributed by atoms with Crippen molar-refractivity contribution in [2.24, 2.45) is 0 Å². The molecule has 0 spiro atoms. The van der Waals surface area contributed by atoms with Crippen molar-refractivity contribution in [3.63, 3.8) is 0 Å². The largest absolute Gasteiger partial charge is 0.478 e. The van der Waals surface area contributed by atoms with Gasteiger partial charge in [-0.1, -0.05) is 24.3 Å². The molecule has 0 saturated heterocycles. The van der Waals surface area contributed by atoms with Crippen LogP contribution in [0.5, 0.6) is 0 Å². The van der Waals surface area contributed by atoms with E-state index in [1.165, 1.54) is 6.07 Å². The number of ketones is 1. The molecule has 0 heterocycles. The first kappa shape index (κ1) is 14.4. The maximum atomic E-state index is 12.2. The third-order valence-electron chi connectivity index (χ3n) is 3.24. The molecule has 1 aliphatic rings. The van der Waals surface area contributed by atoms with Crippen LogP contribution in [0.2, 0.25) is 0 Å². The Labute approximate surface area is 119 Å². The van der Waals surface area contributed by atoms with E-state index < -0.39 is 5.97 Å². The van der Waals surface area contributed by atoms with Gasteiger partial charge in [0.2, 0.25) is 0 Å². The van der Waals surface area contributed by atoms with Crippen molar-refractivity contribution in [3.8, 4) is 0 Å². The second-order valence-electron chi connectivity index (χ2n) is 4.42. The Hall–Kier alpha value is -3.04. The molecule has 5 nitrogen and oxygen atoms in total. The maximum absolute atomic E-state index is 12.2. The van der Waals surface area contributed by atoms with Crippen LogP contribution in [0.3, 0.4) is 0 Å². The molecule has 0 atom stereocenters. The van der Waals surface area contributed by atoms with Crippen LogP contribution < -0.4 is 0 Å². The zero-order valence-corrected chi connectivity index (χ0v) is 10.8. The molecule has 5 heteroatoms. The maximum Gasteiger partial charge on any atom is 0.373 e. The zero-order chi connectivity index (χ0) is 15.4. The lowest BCUT2D eigenvalue weighted by atomic mass is 9.84. The minimum atomic E-state index is -0.968. The summed E-state index contributed by atoms with van der Waals surface area (Å²) in [6.07, 6.45) is 0.859. The van der Waals surface area contributed by atoms with E-state index in [4.69, 9.17) is 14.7 Å². The number of aromatic carboxylic acids is 1. The van der Waals surface area contributed by atoms with E-state index in [0.29, 0.717) is 17.5 Å². The molecule has 104 valence electrons. The third kappa shape index (κ3) is 2.78. The number of carboxylic acids is 1. The van der Waals surface area contributed by atoms with Gasteiger partial charge in [-0.3, -0.25) is 4.79 Å². The number of carbonyl (C=O) groups excluding carboxylic acids is 3. The fraction of sp³-hybridized carbons (Fsp3) is 0.0625. The Kier molecular flexibility index (Phi) is 4.07. The van der Waals surface area contributed by atoms with Crippen LogP contribution in [0, 0.1) is 0 Å². The second kappa shape index (κ2) is 5.94. The second-order valence-corrected chi connectivity index (χ2v) is 4.42. The van der Waals surface area contributed by atoms with Crippen molar-refractivity contribution in [2.45, 2.75) is 6.42 Å². The Morgan fingerprint density at radius 2 is 1.62 bits per heavy atom. The molecule has 0 unspecified atom stereocenters. The van der Waals surface area contributed by atoms with Gasteiger partial charge >= 0.3 is 12.1 Å². The molecular weight excluding hydrogens is 272 g/mol. The van der Waals surface area contributed by atoms with Crippen molar-refractivity contribution in [3.05, 3.63) is 70.3 Å². The molecule has 0 amide bonds.